The van der Waals surface area contributed by atoms with Crippen LogP contribution in [0.3, 0.4) is 0 Å². The van der Waals surface area contributed by atoms with Gasteiger partial charge in [0, 0.05) is 25.4 Å². The van der Waals surface area contributed by atoms with Crippen LogP contribution in [0.4, 0.5) is 4.79 Å². The van der Waals surface area contributed by atoms with Gasteiger partial charge in [-0.05, 0) is 0 Å². The second-order valence-electron chi connectivity index (χ2n) is 4.33. The van der Waals surface area contributed by atoms with Gasteiger partial charge in [0.1, 0.15) is 5.69 Å². The quantitative estimate of drug-likeness (QED) is 0.624. The summed E-state index contributed by atoms with van der Waals surface area (Å²) >= 11 is 1.27. The molecule has 2 rings (SSSR count). The van der Waals surface area contributed by atoms with Gasteiger partial charge in [-0.2, -0.15) is 5.10 Å². The molecular formula is C13H16N4O4S. The van der Waals surface area contributed by atoms with Gasteiger partial charge >= 0.3 is 6.03 Å². The SMILES string of the molecule is CNC(=O)NCCOCCSC1=CC(=O)c2[nH]ncc2C1=O. The topological polar surface area (TPSA) is 113 Å². The molecule has 0 spiro atoms. The monoisotopic (exact) mass is 324 g/mol. The van der Waals surface area contributed by atoms with Crippen molar-refractivity contribution in [1.29, 1.82) is 0 Å². The number of hydrogen-bond donors (Lipinski definition) is 3. The van der Waals surface area contributed by atoms with E-state index >= 15 is 0 Å². The van der Waals surface area contributed by atoms with E-state index in [1.807, 2.05) is 0 Å². The zero-order chi connectivity index (χ0) is 15.9. The van der Waals surface area contributed by atoms with E-state index in [4.69, 9.17) is 4.74 Å². The minimum absolute atomic E-state index is 0.199. The molecule has 8 nitrogen and oxygen atoms in total. The molecule has 0 saturated heterocycles. The first-order chi connectivity index (χ1) is 10.6. The Labute approximate surface area is 131 Å². The highest BCUT2D eigenvalue weighted by Crippen LogP contribution is 2.26. The first-order valence-electron chi connectivity index (χ1n) is 6.63. The number of allylic oxidation sites excluding steroid dienone is 2. The fourth-order valence-corrected chi connectivity index (χ4v) is 2.63. The third kappa shape index (κ3) is 3.95. The summed E-state index contributed by atoms with van der Waals surface area (Å²) in [7, 11) is 1.54. The summed E-state index contributed by atoms with van der Waals surface area (Å²) in [4.78, 5) is 35.2. The second-order valence-corrected chi connectivity index (χ2v) is 5.46. The number of amides is 2. The van der Waals surface area contributed by atoms with E-state index in [1.165, 1.54) is 31.1 Å². The average molecular weight is 324 g/mol. The number of aromatic nitrogens is 2. The lowest BCUT2D eigenvalue weighted by Gasteiger charge is -2.10. The smallest absolute Gasteiger partial charge is 0.314 e. The summed E-state index contributed by atoms with van der Waals surface area (Å²) in [6.45, 7) is 1.20. The van der Waals surface area contributed by atoms with Crippen molar-refractivity contribution in [3.63, 3.8) is 0 Å². The predicted octanol–water partition coefficient (Wildman–Crippen LogP) is 0.351. The number of Topliss-reactive ketones (excluding diaryl/α,β-unsaturated/α-hetero) is 1. The number of aromatic amines is 1. The first-order valence-corrected chi connectivity index (χ1v) is 7.62. The summed E-state index contributed by atoms with van der Waals surface area (Å²) in [5.74, 6) is 0.0952. The number of carbonyl (C=O) groups excluding carboxylic acids is 3. The molecule has 0 fully saturated rings. The zero-order valence-electron chi connectivity index (χ0n) is 12.0. The molecule has 1 aromatic rings. The Morgan fingerprint density at radius 3 is 3.00 bits per heavy atom. The Morgan fingerprint density at radius 1 is 1.41 bits per heavy atom. The van der Waals surface area contributed by atoms with Crippen molar-refractivity contribution in [1.82, 2.24) is 20.8 Å². The van der Waals surface area contributed by atoms with Crippen LogP contribution >= 0.6 is 11.8 Å². The third-order valence-corrected chi connectivity index (χ3v) is 3.85. The summed E-state index contributed by atoms with van der Waals surface area (Å²) < 4.78 is 5.33. The minimum Gasteiger partial charge on any atom is -0.379 e. The van der Waals surface area contributed by atoms with E-state index in [2.05, 4.69) is 20.8 Å². The molecule has 2 amide bonds. The van der Waals surface area contributed by atoms with E-state index in [9.17, 15) is 14.4 Å². The number of H-pyrrole nitrogens is 1. The Hall–Kier alpha value is -2.13. The number of rotatable bonds is 7. The molecule has 0 bridgehead atoms. The molecule has 0 aromatic carbocycles. The van der Waals surface area contributed by atoms with E-state index < -0.39 is 0 Å². The zero-order valence-corrected chi connectivity index (χ0v) is 12.8. The van der Waals surface area contributed by atoms with Gasteiger partial charge in [-0.1, -0.05) is 0 Å². The molecule has 0 unspecified atom stereocenters. The molecule has 22 heavy (non-hydrogen) atoms. The number of nitrogens with one attached hydrogen (secondary N) is 3. The van der Waals surface area contributed by atoms with E-state index in [1.54, 1.807) is 0 Å². The number of carbonyl (C=O) groups is 3. The van der Waals surface area contributed by atoms with Crippen molar-refractivity contribution in [3.8, 4) is 0 Å². The van der Waals surface area contributed by atoms with Gasteiger partial charge < -0.3 is 15.4 Å². The minimum atomic E-state index is -0.259. The van der Waals surface area contributed by atoms with Gasteiger partial charge in [0.05, 0.1) is 29.9 Å². The summed E-state index contributed by atoms with van der Waals surface area (Å²) in [5, 5.41) is 11.3. The van der Waals surface area contributed by atoms with Gasteiger partial charge in [0.25, 0.3) is 0 Å². The van der Waals surface area contributed by atoms with Crippen LogP contribution in [-0.4, -0.2) is 60.4 Å². The maximum absolute atomic E-state index is 12.1. The van der Waals surface area contributed by atoms with Crippen LogP contribution in [-0.2, 0) is 4.74 Å². The predicted molar refractivity (Wildman–Crippen MR) is 81.1 cm³/mol. The maximum Gasteiger partial charge on any atom is 0.314 e. The Kier molecular flexibility index (Phi) is 5.73. The van der Waals surface area contributed by atoms with Crippen molar-refractivity contribution >= 4 is 29.4 Å². The van der Waals surface area contributed by atoms with Crippen LogP contribution in [0.25, 0.3) is 0 Å². The van der Waals surface area contributed by atoms with Gasteiger partial charge in [0.2, 0.25) is 11.6 Å². The lowest BCUT2D eigenvalue weighted by Crippen LogP contribution is -2.35. The van der Waals surface area contributed by atoms with E-state index in [0.717, 1.165) is 0 Å². The third-order valence-electron chi connectivity index (χ3n) is 2.86. The van der Waals surface area contributed by atoms with Gasteiger partial charge in [-0.3, -0.25) is 14.7 Å². The van der Waals surface area contributed by atoms with Crippen LogP contribution in [0, 0.1) is 0 Å². The van der Waals surface area contributed by atoms with Crippen LogP contribution in [0.2, 0.25) is 0 Å². The maximum atomic E-state index is 12.1. The highest BCUT2D eigenvalue weighted by atomic mass is 32.2. The lowest BCUT2D eigenvalue weighted by atomic mass is 10.0. The van der Waals surface area contributed by atoms with Gasteiger partial charge in [0.15, 0.2) is 0 Å². The molecule has 0 aliphatic heterocycles. The number of urea groups is 1. The van der Waals surface area contributed by atoms with Crippen LogP contribution in [0.1, 0.15) is 20.8 Å². The second kappa shape index (κ2) is 7.76. The summed E-state index contributed by atoms with van der Waals surface area (Å²) in [6, 6.07) is -0.259. The number of ether oxygens (including phenoxy) is 1. The molecule has 1 aliphatic carbocycles. The molecule has 3 N–H and O–H groups in total. The molecule has 0 atom stereocenters. The van der Waals surface area contributed by atoms with Crippen LogP contribution < -0.4 is 10.6 Å². The number of hydrogen-bond acceptors (Lipinski definition) is 6. The van der Waals surface area contributed by atoms with Crippen LogP contribution in [0.15, 0.2) is 17.2 Å². The van der Waals surface area contributed by atoms with Crippen molar-refractivity contribution < 1.29 is 19.1 Å². The average Bonchev–Trinajstić information content (AvgIpc) is 3.01. The summed E-state index contributed by atoms with van der Waals surface area (Å²) in [6.07, 6.45) is 2.69. The molecule has 118 valence electrons. The lowest BCUT2D eigenvalue weighted by molar-refractivity contribution is 0.0989. The van der Waals surface area contributed by atoms with E-state index in [-0.39, 0.29) is 23.3 Å². The largest absolute Gasteiger partial charge is 0.379 e. The molecule has 9 heteroatoms. The highest BCUT2D eigenvalue weighted by Gasteiger charge is 2.27. The van der Waals surface area contributed by atoms with Gasteiger partial charge in [-0.25, -0.2) is 4.79 Å². The number of nitrogens with zero attached hydrogens (tertiary/aromatic N) is 1. The first kappa shape index (κ1) is 16.2. The standard InChI is InChI=1S/C13H16N4O4S/c1-14-13(20)15-2-3-21-4-5-22-10-6-9(18)11-8(12(10)19)7-16-17-11/h6-7H,2-5H2,1H3,(H,16,17)(H2,14,15,20). The van der Waals surface area contributed by atoms with Crippen LogP contribution in [0.5, 0.6) is 0 Å². The number of ketones is 2. The van der Waals surface area contributed by atoms with Crippen molar-refractivity contribution in [2.75, 3.05) is 32.6 Å². The fourth-order valence-electron chi connectivity index (χ4n) is 1.78. The fraction of sp³-hybridized carbons (Fsp3) is 0.385. The number of fused-ring (bicyclic) bond motifs is 1. The Bertz CT molecular complexity index is 611. The molecule has 1 aliphatic rings. The Morgan fingerprint density at radius 2 is 2.23 bits per heavy atom. The molecular weight excluding hydrogens is 308 g/mol. The Balaban J connectivity index is 1.69. The highest BCUT2D eigenvalue weighted by molar-refractivity contribution is 8.04. The summed E-state index contributed by atoms with van der Waals surface area (Å²) in [5.41, 5.74) is 0.552. The molecule has 0 radical (unpaired) electrons. The normalized spacial score (nSPS) is 13.6. The molecule has 1 aromatic heterocycles. The van der Waals surface area contributed by atoms with Crippen molar-refractivity contribution in [2.45, 2.75) is 0 Å². The molecule has 0 saturated carbocycles. The molecule has 1 heterocycles. The van der Waals surface area contributed by atoms with Crippen molar-refractivity contribution in [2.24, 2.45) is 0 Å². The van der Waals surface area contributed by atoms with Crippen molar-refractivity contribution in [3.05, 3.63) is 28.4 Å². The van der Waals surface area contributed by atoms with E-state index in [0.29, 0.717) is 36.0 Å². The van der Waals surface area contributed by atoms with Gasteiger partial charge in [-0.15, -0.1) is 11.8 Å². The number of thioether (sulfide) groups is 1.